The van der Waals surface area contributed by atoms with Crippen molar-refractivity contribution in [2.45, 2.75) is 19.4 Å². The molecule has 2 aliphatic rings. The van der Waals surface area contributed by atoms with Gasteiger partial charge in [0.1, 0.15) is 5.82 Å². The van der Waals surface area contributed by atoms with E-state index in [1.54, 1.807) is 0 Å². The van der Waals surface area contributed by atoms with Crippen molar-refractivity contribution >= 4 is 17.7 Å². The Kier molecular flexibility index (Phi) is 5.67. The van der Waals surface area contributed by atoms with Gasteiger partial charge >= 0.3 is 0 Å². The van der Waals surface area contributed by atoms with Crippen molar-refractivity contribution in [1.82, 2.24) is 19.9 Å². The lowest BCUT2D eigenvalue weighted by Crippen LogP contribution is -2.45. The molecule has 11 heteroatoms. The number of pyridine rings is 1. The molecular weight excluding hydrogens is 384 g/mol. The van der Waals surface area contributed by atoms with Gasteiger partial charge in [-0.05, 0) is 13.0 Å². The summed E-state index contributed by atoms with van der Waals surface area (Å²) in [5.41, 5.74) is 5.51. The highest BCUT2D eigenvalue weighted by atomic mass is 19.3. The maximum absolute atomic E-state index is 13.7. The number of halogens is 2. The van der Waals surface area contributed by atoms with Gasteiger partial charge in [0.15, 0.2) is 5.82 Å². The Balaban J connectivity index is 1.81. The minimum absolute atomic E-state index is 0.0218. The van der Waals surface area contributed by atoms with E-state index < -0.39 is 6.43 Å². The molecule has 4 rings (SSSR count). The van der Waals surface area contributed by atoms with Crippen molar-refractivity contribution < 1.29 is 18.3 Å². The number of alkyl halides is 2. The summed E-state index contributed by atoms with van der Waals surface area (Å²) in [4.78, 5) is 21.6. The fourth-order valence-corrected chi connectivity index (χ4v) is 3.39. The third-order valence-corrected chi connectivity index (χ3v) is 4.96. The van der Waals surface area contributed by atoms with Gasteiger partial charge in [0.05, 0.1) is 32.5 Å². The van der Waals surface area contributed by atoms with Crippen LogP contribution in [0.2, 0.25) is 0 Å². The van der Waals surface area contributed by atoms with Crippen molar-refractivity contribution in [2.24, 2.45) is 0 Å². The summed E-state index contributed by atoms with van der Waals surface area (Å²) in [6, 6.07) is 1.21. The van der Waals surface area contributed by atoms with E-state index in [1.165, 1.54) is 6.20 Å². The first-order chi connectivity index (χ1) is 14.0. The van der Waals surface area contributed by atoms with E-state index in [4.69, 9.17) is 15.2 Å². The van der Waals surface area contributed by atoms with Crippen molar-refractivity contribution in [1.29, 1.82) is 0 Å². The van der Waals surface area contributed by atoms with Crippen LogP contribution in [0.25, 0.3) is 11.4 Å². The van der Waals surface area contributed by atoms with E-state index in [2.05, 4.69) is 19.9 Å². The molecule has 29 heavy (non-hydrogen) atoms. The Morgan fingerprint density at radius 2 is 1.79 bits per heavy atom. The lowest BCUT2D eigenvalue weighted by Gasteiger charge is -2.34. The predicted molar refractivity (Wildman–Crippen MR) is 103 cm³/mol. The van der Waals surface area contributed by atoms with Crippen molar-refractivity contribution in [3.63, 3.8) is 0 Å². The third-order valence-electron chi connectivity index (χ3n) is 4.96. The number of hydrogen-bond acceptors (Lipinski definition) is 9. The fourth-order valence-electron chi connectivity index (χ4n) is 3.39. The normalized spacial score (nSPS) is 20.3. The average molecular weight is 407 g/mol. The van der Waals surface area contributed by atoms with Gasteiger partial charge in [0.2, 0.25) is 11.9 Å². The zero-order chi connectivity index (χ0) is 20.4. The highest BCUT2D eigenvalue weighted by molar-refractivity contribution is 5.64. The molecule has 0 bridgehead atoms. The standard InChI is InChI=1S/C18H23F2N7O2/c1-11-10-29-7-4-27(11)18-24-16(13-9-22-14(21)8-12(13)15(19)20)23-17(25-18)26-2-5-28-6-3-26/h8-9,11,15H,2-7,10H2,1H3,(H2,21,22). The number of ether oxygens (including phenoxy) is 2. The van der Waals surface area contributed by atoms with E-state index >= 15 is 0 Å². The predicted octanol–water partition coefficient (Wildman–Crippen LogP) is 1.52. The molecule has 9 nitrogen and oxygen atoms in total. The van der Waals surface area contributed by atoms with E-state index in [0.29, 0.717) is 58.0 Å². The SMILES string of the molecule is CC1COCCN1c1nc(-c2cnc(N)cc2C(F)F)nc(N2CCOCC2)n1. The van der Waals surface area contributed by atoms with E-state index in [0.717, 1.165) is 6.07 Å². The number of morpholine rings is 2. The quantitative estimate of drug-likeness (QED) is 0.808. The zero-order valence-electron chi connectivity index (χ0n) is 16.1. The summed E-state index contributed by atoms with van der Waals surface area (Å²) >= 11 is 0. The van der Waals surface area contributed by atoms with Gasteiger partial charge in [0.25, 0.3) is 6.43 Å². The average Bonchev–Trinajstić information content (AvgIpc) is 2.74. The number of aromatic nitrogens is 4. The molecule has 2 saturated heterocycles. The van der Waals surface area contributed by atoms with Crippen molar-refractivity contribution in [3.8, 4) is 11.4 Å². The summed E-state index contributed by atoms with van der Waals surface area (Å²) in [7, 11) is 0. The summed E-state index contributed by atoms with van der Waals surface area (Å²) < 4.78 is 38.2. The van der Waals surface area contributed by atoms with Gasteiger partial charge in [0, 0.05) is 37.0 Å². The molecule has 0 aliphatic carbocycles. The molecule has 0 saturated carbocycles. The highest BCUT2D eigenvalue weighted by Gasteiger charge is 2.26. The van der Waals surface area contributed by atoms with Crippen LogP contribution in [-0.4, -0.2) is 72.0 Å². The molecule has 2 aromatic heterocycles. The van der Waals surface area contributed by atoms with Gasteiger partial charge in [-0.2, -0.15) is 15.0 Å². The van der Waals surface area contributed by atoms with E-state index in [9.17, 15) is 8.78 Å². The molecule has 2 aromatic rings. The molecule has 0 amide bonds. The Bertz CT molecular complexity index is 864. The molecule has 156 valence electrons. The van der Waals surface area contributed by atoms with Crippen LogP contribution in [0.3, 0.4) is 0 Å². The first-order valence-electron chi connectivity index (χ1n) is 9.50. The van der Waals surface area contributed by atoms with Gasteiger partial charge in [-0.25, -0.2) is 13.8 Å². The monoisotopic (exact) mass is 407 g/mol. The fraction of sp³-hybridized carbons (Fsp3) is 0.556. The maximum atomic E-state index is 13.7. The zero-order valence-corrected chi connectivity index (χ0v) is 16.1. The van der Waals surface area contributed by atoms with Crippen LogP contribution in [0, 0.1) is 0 Å². The second-order valence-corrected chi connectivity index (χ2v) is 6.97. The molecule has 0 radical (unpaired) electrons. The largest absolute Gasteiger partial charge is 0.384 e. The number of rotatable bonds is 4. The number of hydrogen-bond donors (Lipinski definition) is 1. The molecule has 1 atom stereocenters. The molecule has 1 unspecified atom stereocenters. The summed E-state index contributed by atoms with van der Waals surface area (Å²) in [6.07, 6.45) is -1.44. The Labute approximate surface area is 166 Å². The van der Waals surface area contributed by atoms with Gasteiger partial charge in [-0.15, -0.1) is 0 Å². The second kappa shape index (κ2) is 8.37. The minimum Gasteiger partial charge on any atom is -0.384 e. The lowest BCUT2D eigenvalue weighted by molar-refractivity contribution is 0.0980. The lowest BCUT2D eigenvalue weighted by atomic mass is 10.1. The van der Waals surface area contributed by atoms with Crippen LogP contribution >= 0.6 is 0 Å². The second-order valence-electron chi connectivity index (χ2n) is 6.97. The molecule has 0 spiro atoms. The van der Waals surface area contributed by atoms with Crippen molar-refractivity contribution in [3.05, 3.63) is 17.8 Å². The van der Waals surface area contributed by atoms with Gasteiger partial charge in [-0.1, -0.05) is 0 Å². The smallest absolute Gasteiger partial charge is 0.264 e. The number of anilines is 3. The van der Waals surface area contributed by atoms with Crippen LogP contribution in [0.5, 0.6) is 0 Å². The molecule has 2 aliphatic heterocycles. The number of nitrogens with two attached hydrogens (primary N) is 1. The molecule has 2 N–H and O–H groups in total. The van der Waals surface area contributed by atoms with E-state index in [-0.39, 0.29) is 28.8 Å². The van der Waals surface area contributed by atoms with Crippen LogP contribution in [0.4, 0.5) is 26.5 Å². The van der Waals surface area contributed by atoms with Crippen LogP contribution in [0.15, 0.2) is 12.3 Å². The van der Waals surface area contributed by atoms with Crippen LogP contribution in [-0.2, 0) is 9.47 Å². The minimum atomic E-state index is -2.73. The summed E-state index contributed by atoms with van der Waals surface area (Å²) in [5, 5.41) is 0. The Hall–Kier alpha value is -2.66. The number of nitrogens with zero attached hydrogens (tertiary/aromatic N) is 6. The Morgan fingerprint density at radius 3 is 2.52 bits per heavy atom. The van der Waals surface area contributed by atoms with Crippen LogP contribution < -0.4 is 15.5 Å². The summed E-state index contributed by atoms with van der Waals surface area (Å²) in [6.45, 7) is 6.03. The summed E-state index contributed by atoms with van der Waals surface area (Å²) in [5.74, 6) is 1.04. The molecule has 2 fully saturated rings. The topological polar surface area (TPSA) is 103 Å². The number of nitrogen functional groups attached to an aromatic ring is 1. The molecule has 0 aromatic carbocycles. The maximum Gasteiger partial charge on any atom is 0.264 e. The van der Waals surface area contributed by atoms with Crippen molar-refractivity contribution in [2.75, 3.05) is 61.6 Å². The highest BCUT2D eigenvalue weighted by Crippen LogP contribution is 2.32. The first-order valence-corrected chi connectivity index (χ1v) is 9.50. The Morgan fingerprint density at radius 1 is 1.07 bits per heavy atom. The molecule has 4 heterocycles. The van der Waals surface area contributed by atoms with Crippen LogP contribution in [0.1, 0.15) is 18.9 Å². The third kappa shape index (κ3) is 4.20. The van der Waals surface area contributed by atoms with Gasteiger partial charge in [-0.3, -0.25) is 0 Å². The molecular formula is C18H23F2N7O2. The first kappa shape index (κ1) is 19.6. The van der Waals surface area contributed by atoms with Gasteiger partial charge < -0.3 is 25.0 Å². The van der Waals surface area contributed by atoms with E-state index in [1.807, 2.05) is 16.7 Å².